The Morgan fingerprint density at radius 2 is 1.70 bits per heavy atom. The monoisotopic (exact) mass is 419 g/mol. The number of halogens is 1. The average molecular weight is 420 g/mol. The molecule has 5 rings (SSSR count). The van der Waals surface area contributed by atoms with Crippen LogP contribution in [-0.2, 0) is 16.9 Å². The largest absolute Gasteiger partial charge is 0.454 e. The van der Waals surface area contributed by atoms with Gasteiger partial charge in [0.05, 0.1) is 5.57 Å². The summed E-state index contributed by atoms with van der Waals surface area (Å²) in [5, 5.41) is 15.0. The highest BCUT2D eigenvalue weighted by molar-refractivity contribution is 6.30. The molecule has 1 unspecified atom stereocenters. The van der Waals surface area contributed by atoms with Crippen LogP contribution in [-0.4, -0.2) is 17.8 Å². The number of aliphatic hydroxyl groups is 1. The molecule has 2 aliphatic rings. The van der Waals surface area contributed by atoms with Gasteiger partial charge >= 0.3 is 0 Å². The second-order valence-electron chi connectivity index (χ2n) is 7.26. The summed E-state index contributed by atoms with van der Waals surface area (Å²) in [6, 6.07) is 21.9. The molecular weight excluding hydrogens is 402 g/mol. The first-order valence-electron chi connectivity index (χ1n) is 9.53. The van der Waals surface area contributed by atoms with Gasteiger partial charge in [-0.25, -0.2) is 0 Å². The first kappa shape index (κ1) is 18.7. The topological polar surface area (TPSA) is 67.8 Å². The molecule has 30 heavy (non-hydrogen) atoms. The van der Waals surface area contributed by atoms with Crippen LogP contribution in [0.4, 0.5) is 0 Å². The van der Waals surface area contributed by atoms with Crippen LogP contribution in [0.25, 0.3) is 5.57 Å². The Morgan fingerprint density at radius 3 is 2.47 bits per heavy atom. The van der Waals surface area contributed by atoms with Gasteiger partial charge in [-0.3, -0.25) is 4.79 Å². The molecule has 2 N–H and O–H groups in total. The summed E-state index contributed by atoms with van der Waals surface area (Å²) in [5.41, 5.74) is 1.53. The van der Waals surface area contributed by atoms with Crippen LogP contribution in [0.3, 0.4) is 0 Å². The van der Waals surface area contributed by atoms with Crippen LogP contribution < -0.4 is 14.8 Å². The Hall–Kier alpha value is -3.28. The molecule has 0 saturated carbocycles. The normalized spacial score (nSPS) is 19.9. The van der Waals surface area contributed by atoms with Crippen molar-refractivity contribution in [2.24, 2.45) is 0 Å². The second-order valence-corrected chi connectivity index (χ2v) is 7.69. The predicted molar refractivity (Wildman–Crippen MR) is 113 cm³/mol. The number of nitrogens with one attached hydrogen (secondary N) is 1. The van der Waals surface area contributed by atoms with Crippen LogP contribution >= 0.6 is 11.6 Å². The maximum atomic E-state index is 13.1. The van der Waals surface area contributed by atoms with E-state index in [-0.39, 0.29) is 12.7 Å². The number of rotatable bonds is 4. The number of amides is 1. The molecule has 5 nitrogen and oxygen atoms in total. The van der Waals surface area contributed by atoms with Crippen molar-refractivity contribution in [3.63, 3.8) is 0 Å². The molecule has 3 aromatic rings. The lowest BCUT2D eigenvalue weighted by Crippen LogP contribution is -2.42. The van der Waals surface area contributed by atoms with Crippen molar-refractivity contribution in [1.82, 2.24) is 5.32 Å². The molecule has 0 aromatic heterocycles. The average Bonchev–Trinajstić information content (AvgIpc) is 3.31. The van der Waals surface area contributed by atoms with Gasteiger partial charge in [0.25, 0.3) is 5.91 Å². The maximum absolute atomic E-state index is 13.1. The predicted octanol–water partition coefficient (Wildman–Crippen LogP) is 4.04. The molecule has 0 saturated heterocycles. The minimum Gasteiger partial charge on any atom is -0.454 e. The summed E-state index contributed by atoms with van der Waals surface area (Å²) in [7, 11) is 0. The molecular formula is C24H18ClNO4. The zero-order valence-corrected chi connectivity index (χ0v) is 16.6. The molecule has 3 aromatic carbocycles. The third kappa shape index (κ3) is 3.12. The van der Waals surface area contributed by atoms with Crippen LogP contribution in [0.5, 0.6) is 11.5 Å². The molecule has 1 atom stereocenters. The van der Waals surface area contributed by atoms with Gasteiger partial charge < -0.3 is 19.9 Å². The Bertz CT molecular complexity index is 1160. The number of hydrogen-bond acceptors (Lipinski definition) is 4. The molecule has 1 amide bonds. The quantitative estimate of drug-likeness (QED) is 0.669. The van der Waals surface area contributed by atoms with Gasteiger partial charge in [0.1, 0.15) is 0 Å². The van der Waals surface area contributed by atoms with E-state index in [4.69, 9.17) is 21.1 Å². The van der Waals surface area contributed by atoms with Gasteiger partial charge in [-0.05, 0) is 41.8 Å². The van der Waals surface area contributed by atoms with Crippen molar-refractivity contribution in [1.29, 1.82) is 0 Å². The molecule has 2 aliphatic heterocycles. The molecule has 2 heterocycles. The summed E-state index contributed by atoms with van der Waals surface area (Å²) in [4.78, 5) is 13.1. The fourth-order valence-electron chi connectivity index (χ4n) is 3.93. The van der Waals surface area contributed by atoms with Gasteiger partial charge in [-0.1, -0.05) is 60.1 Å². The van der Waals surface area contributed by atoms with Gasteiger partial charge in [-0.2, -0.15) is 0 Å². The first-order chi connectivity index (χ1) is 14.5. The third-order valence-electron chi connectivity index (χ3n) is 5.41. The van der Waals surface area contributed by atoms with E-state index in [9.17, 15) is 9.90 Å². The van der Waals surface area contributed by atoms with E-state index in [1.54, 1.807) is 42.5 Å². The van der Waals surface area contributed by atoms with Crippen molar-refractivity contribution in [2.45, 2.75) is 12.1 Å². The standard InChI is InChI=1S/C24H18ClNO4/c25-18-9-7-17(8-10-18)24(28)19(12-15-4-2-1-3-5-15)22(23(27)26-24)16-6-11-20-21(13-16)30-14-29-20/h1-11,13,28H,12,14H2,(H,26,27). The zero-order valence-electron chi connectivity index (χ0n) is 15.9. The van der Waals surface area contributed by atoms with E-state index >= 15 is 0 Å². The maximum Gasteiger partial charge on any atom is 0.254 e. The van der Waals surface area contributed by atoms with Crippen molar-refractivity contribution in [2.75, 3.05) is 6.79 Å². The van der Waals surface area contributed by atoms with Crippen LogP contribution in [0, 0.1) is 0 Å². The fourth-order valence-corrected chi connectivity index (χ4v) is 4.06. The summed E-state index contributed by atoms with van der Waals surface area (Å²) >= 11 is 6.03. The zero-order chi connectivity index (χ0) is 20.7. The van der Waals surface area contributed by atoms with Crippen LogP contribution in [0.1, 0.15) is 16.7 Å². The smallest absolute Gasteiger partial charge is 0.254 e. The molecule has 0 spiro atoms. The second kappa shape index (κ2) is 7.20. The SMILES string of the molecule is O=C1NC(O)(c2ccc(Cl)cc2)C(Cc2ccccc2)=C1c1ccc2c(c1)OCO2. The molecule has 0 aliphatic carbocycles. The molecule has 0 fully saturated rings. The highest BCUT2D eigenvalue weighted by atomic mass is 35.5. The molecule has 6 heteroatoms. The highest BCUT2D eigenvalue weighted by Crippen LogP contribution is 2.43. The van der Waals surface area contributed by atoms with E-state index in [1.165, 1.54) is 0 Å². The Labute approximate surface area is 178 Å². The minimum atomic E-state index is -1.65. The Kier molecular flexibility index (Phi) is 4.50. The van der Waals surface area contributed by atoms with Crippen molar-refractivity contribution in [3.05, 3.63) is 100 Å². The lowest BCUT2D eigenvalue weighted by molar-refractivity contribution is -0.119. The van der Waals surface area contributed by atoms with Crippen molar-refractivity contribution < 1.29 is 19.4 Å². The first-order valence-corrected chi connectivity index (χ1v) is 9.91. The van der Waals surface area contributed by atoms with E-state index < -0.39 is 5.72 Å². The third-order valence-corrected chi connectivity index (χ3v) is 5.66. The van der Waals surface area contributed by atoms with E-state index in [1.807, 2.05) is 30.3 Å². The number of fused-ring (bicyclic) bond motifs is 1. The van der Waals surface area contributed by atoms with Crippen molar-refractivity contribution in [3.8, 4) is 11.5 Å². The Morgan fingerprint density at radius 1 is 0.967 bits per heavy atom. The lowest BCUT2D eigenvalue weighted by Gasteiger charge is -2.27. The van der Waals surface area contributed by atoms with Gasteiger partial charge in [0.15, 0.2) is 17.2 Å². The highest BCUT2D eigenvalue weighted by Gasteiger charge is 2.45. The summed E-state index contributed by atoms with van der Waals surface area (Å²) in [5.74, 6) is 0.862. The van der Waals surface area contributed by atoms with Gasteiger partial charge in [0.2, 0.25) is 6.79 Å². The summed E-state index contributed by atoms with van der Waals surface area (Å²) in [6.07, 6.45) is 0.391. The number of carbonyl (C=O) groups excluding carboxylic acids is 1. The minimum absolute atomic E-state index is 0.148. The molecule has 0 radical (unpaired) electrons. The van der Waals surface area contributed by atoms with E-state index in [0.29, 0.717) is 45.2 Å². The van der Waals surface area contributed by atoms with E-state index in [2.05, 4.69) is 5.32 Å². The fraction of sp³-hybridized carbons (Fsp3) is 0.125. The van der Waals surface area contributed by atoms with Crippen LogP contribution in [0.2, 0.25) is 5.02 Å². The number of carbonyl (C=O) groups is 1. The van der Waals surface area contributed by atoms with Crippen molar-refractivity contribution >= 4 is 23.1 Å². The number of hydrogen-bond donors (Lipinski definition) is 2. The number of benzene rings is 3. The van der Waals surface area contributed by atoms with E-state index in [0.717, 1.165) is 5.56 Å². The summed E-state index contributed by atoms with van der Waals surface area (Å²) < 4.78 is 10.9. The Balaban J connectivity index is 1.68. The van der Waals surface area contributed by atoms with Gasteiger partial charge in [-0.15, -0.1) is 0 Å². The number of ether oxygens (including phenoxy) is 2. The molecule has 150 valence electrons. The van der Waals surface area contributed by atoms with Gasteiger partial charge in [0, 0.05) is 16.2 Å². The van der Waals surface area contributed by atoms with Crippen LogP contribution in [0.15, 0.2) is 78.4 Å². The molecule has 0 bridgehead atoms. The summed E-state index contributed by atoms with van der Waals surface area (Å²) in [6.45, 7) is 0.148. The lowest BCUT2D eigenvalue weighted by atomic mass is 9.87.